The molecule has 1 N–H and O–H groups in total. The minimum atomic E-state index is -0.789. The first-order valence-corrected chi connectivity index (χ1v) is 11.3. The van der Waals surface area contributed by atoms with Crippen molar-refractivity contribution in [2.75, 3.05) is 11.5 Å². The highest BCUT2D eigenvalue weighted by Crippen LogP contribution is 2.43. The number of hydrogen-bond acceptors (Lipinski definition) is 5. The van der Waals surface area contributed by atoms with Gasteiger partial charge in [-0.2, -0.15) is 0 Å². The molecular weight excluding hydrogens is 454 g/mol. The maximum Gasteiger partial charge on any atom is 0.295 e. The summed E-state index contributed by atoms with van der Waals surface area (Å²) in [5.74, 6) is -0.202. The van der Waals surface area contributed by atoms with Crippen molar-refractivity contribution in [1.82, 2.24) is 0 Å². The van der Waals surface area contributed by atoms with Crippen molar-refractivity contribution in [1.29, 1.82) is 0 Å². The Morgan fingerprint density at radius 1 is 1.06 bits per heavy atom. The molecule has 0 aliphatic carbocycles. The van der Waals surface area contributed by atoms with Gasteiger partial charge in [0.1, 0.15) is 5.58 Å². The third-order valence-corrected chi connectivity index (χ3v) is 6.41. The van der Waals surface area contributed by atoms with Crippen LogP contribution < -0.4 is 15.1 Å². The predicted octanol–water partition coefficient (Wildman–Crippen LogP) is 5.92. The van der Waals surface area contributed by atoms with Crippen molar-refractivity contribution in [3.63, 3.8) is 0 Å². The number of fused-ring (bicyclic) bond motifs is 2. The fourth-order valence-corrected chi connectivity index (χ4v) is 4.59. The van der Waals surface area contributed by atoms with Crippen molar-refractivity contribution >= 4 is 34.2 Å². The first-order chi connectivity index (χ1) is 16.3. The van der Waals surface area contributed by atoms with Crippen molar-refractivity contribution in [2.24, 2.45) is 0 Å². The Hall–Kier alpha value is -3.77. The van der Waals surface area contributed by atoms with Gasteiger partial charge in [0, 0.05) is 10.7 Å². The zero-order chi connectivity index (χ0) is 24.1. The van der Waals surface area contributed by atoms with E-state index in [4.69, 9.17) is 20.8 Å². The fourth-order valence-electron chi connectivity index (χ4n) is 4.41. The molecule has 1 aromatic heterocycles. The first kappa shape index (κ1) is 22.0. The van der Waals surface area contributed by atoms with Gasteiger partial charge in [-0.15, -0.1) is 0 Å². The molecule has 0 radical (unpaired) electrons. The predicted molar refractivity (Wildman–Crippen MR) is 131 cm³/mol. The lowest BCUT2D eigenvalue weighted by Crippen LogP contribution is -2.29. The number of ether oxygens (including phenoxy) is 1. The number of halogens is 1. The Labute approximate surface area is 201 Å². The molecule has 6 nitrogen and oxygen atoms in total. The highest BCUT2D eigenvalue weighted by Gasteiger charge is 2.44. The summed E-state index contributed by atoms with van der Waals surface area (Å²) in [7, 11) is 0. The lowest BCUT2D eigenvalue weighted by molar-refractivity contribution is 0.0971. The van der Waals surface area contributed by atoms with E-state index in [0.29, 0.717) is 33.8 Å². The third kappa shape index (κ3) is 3.42. The Kier molecular flexibility index (Phi) is 5.33. The summed E-state index contributed by atoms with van der Waals surface area (Å²) in [6.07, 6.45) is 0. The van der Waals surface area contributed by atoms with Gasteiger partial charge in [-0.25, -0.2) is 0 Å². The molecule has 1 aliphatic heterocycles. The number of phenolic OH excluding ortho intramolecular Hbond substituents is 1. The van der Waals surface area contributed by atoms with Crippen LogP contribution in [-0.4, -0.2) is 17.6 Å². The second kappa shape index (κ2) is 8.22. The van der Waals surface area contributed by atoms with E-state index in [1.807, 2.05) is 20.8 Å². The number of benzene rings is 3. The Bertz CT molecular complexity index is 1520. The van der Waals surface area contributed by atoms with E-state index in [1.54, 1.807) is 48.5 Å². The summed E-state index contributed by atoms with van der Waals surface area (Å²) in [6, 6.07) is 14.5. The van der Waals surface area contributed by atoms with Gasteiger partial charge in [0.15, 0.2) is 16.9 Å². The van der Waals surface area contributed by atoms with Gasteiger partial charge in [0.2, 0.25) is 5.76 Å². The van der Waals surface area contributed by atoms with Gasteiger partial charge < -0.3 is 14.3 Å². The Morgan fingerprint density at radius 3 is 2.56 bits per heavy atom. The number of anilines is 1. The minimum absolute atomic E-state index is 0.00300. The molecule has 0 bridgehead atoms. The van der Waals surface area contributed by atoms with Crippen LogP contribution in [0.25, 0.3) is 11.0 Å². The normalized spacial score (nSPS) is 15.1. The number of hydrogen-bond donors (Lipinski definition) is 1. The number of nitrogens with zero attached hydrogens (tertiary/aromatic N) is 1. The summed E-state index contributed by atoms with van der Waals surface area (Å²) >= 11 is 6.24. The molecule has 1 amide bonds. The van der Waals surface area contributed by atoms with Gasteiger partial charge in [-0.1, -0.05) is 23.7 Å². The molecule has 1 unspecified atom stereocenters. The second-order valence-electron chi connectivity index (χ2n) is 8.32. The summed E-state index contributed by atoms with van der Waals surface area (Å²) < 4.78 is 11.6. The monoisotopic (exact) mass is 475 g/mol. The third-order valence-electron chi connectivity index (χ3n) is 6.17. The highest BCUT2D eigenvalue weighted by molar-refractivity contribution is 6.31. The van der Waals surface area contributed by atoms with Gasteiger partial charge in [-0.05, 0) is 79.9 Å². The van der Waals surface area contributed by atoms with E-state index in [2.05, 4.69) is 0 Å². The van der Waals surface area contributed by atoms with E-state index in [0.717, 1.165) is 11.1 Å². The minimum Gasteiger partial charge on any atom is -0.504 e. The maximum atomic E-state index is 13.8. The largest absolute Gasteiger partial charge is 0.504 e. The standard InChI is InChI=1S/C27H22ClNO5/c1-4-33-22-12-16(8-9-20(22)30)24-23-25(31)19-10-14(2)15(3)11-21(19)34-26(23)27(32)29(24)18-7-5-6-17(28)13-18/h5-13,24,30H,4H2,1-3H3. The molecule has 3 aromatic carbocycles. The average Bonchev–Trinajstić information content (AvgIpc) is 3.09. The second-order valence-corrected chi connectivity index (χ2v) is 8.76. The van der Waals surface area contributed by atoms with Crippen LogP contribution in [0.1, 0.15) is 45.8 Å². The number of phenols is 1. The van der Waals surface area contributed by atoms with Crippen LogP contribution in [0.4, 0.5) is 5.69 Å². The van der Waals surface area contributed by atoms with Crippen LogP contribution in [0.15, 0.2) is 63.8 Å². The molecule has 1 atom stereocenters. The molecular formula is C27H22ClNO5. The molecule has 0 saturated carbocycles. The molecule has 172 valence electrons. The SMILES string of the molecule is CCOc1cc(C2c3c(oc4cc(C)c(C)cc4c3=O)C(=O)N2c2cccc(Cl)c2)ccc1O. The van der Waals surface area contributed by atoms with Crippen LogP contribution in [0.5, 0.6) is 11.5 Å². The summed E-state index contributed by atoms with van der Waals surface area (Å²) in [4.78, 5) is 29.0. The van der Waals surface area contributed by atoms with Crippen LogP contribution in [0.2, 0.25) is 5.02 Å². The van der Waals surface area contributed by atoms with Crippen molar-refractivity contribution in [2.45, 2.75) is 26.8 Å². The lowest BCUT2D eigenvalue weighted by Gasteiger charge is -2.26. The van der Waals surface area contributed by atoms with E-state index in [1.165, 1.54) is 11.0 Å². The van der Waals surface area contributed by atoms with Crippen LogP contribution in [0.3, 0.4) is 0 Å². The van der Waals surface area contributed by atoms with E-state index in [9.17, 15) is 14.7 Å². The highest BCUT2D eigenvalue weighted by atomic mass is 35.5. The summed E-state index contributed by atoms with van der Waals surface area (Å²) in [5.41, 5.74) is 3.38. The lowest BCUT2D eigenvalue weighted by atomic mass is 9.97. The van der Waals surface area contributed by atoms with Crippen LogP contribution in [0, 0.1) is 13.8 Å². The van der Waals surface area contributed by atoms with Crippen molar-refractivity contribution < 1.29 is 19.1 Å². The summed E-state index contributed by atoms with van der Waals surface area (Å²) in [5, 5.41) is 11.1. The Morgan fingerprint density at radius 2 is 1.82 bits per heavy atom. The van der Waals surface area contributed by atoms with E-state index < -0.39 is 11.9 Å². The molecule has 0 spiro atoms. The van der Waals surface area contributed by atoms with Gasteiger partial charge in [-0.3, -0.25) is 14.5 Å². The maximum absolute atomic E-state index is 13.8. The number of carbonyl (C=O) groups is 1. The van der Waals surface area contributed by atoms with Gasteiger partial charge in [0.05, 0.1) is 23.6 Å². The topological polar surface area (TPSA) is 80.0 Å². The van der Waals surface area contributed by atoms with Crippen molar-refractivity contribution in [3.8, 4) is 11.5 Å². The molecule has 2 heterocycles. The first-order valence-electron chi connectivity index (χ1n) is 10.9. The number of carbonyl (C=O) groups excluding carboxylic acids is 1. The molecule has 4 aromatic rings. The van der Waals surface area contributed by atoms with E-state index >= 15 is 0 Å². The molecule has 0 fully saturated rings. The van der Waals surface area contributed by atoms with Crippen LogP contribution in [-0.2, 0) is 0 Å². The summed E-state index contributed by atoms with van der Waals surface area (Å²) in [6.45, 7) is 6.01. The number of rotatable bonds is 4. The number of aryl methyl sites for hydroxylation is 2. The fraction of sp³-hybridized carbons (Fsp3) is 0.185. The average molecular weight is 476 g/mol. The Balaban J connectivity index is 1.82. The van der Waals surface area contributed by atoms with Crippen LogP contribution >= 0.6 is 11.6 Å². The molecule has 7 heteroatoms. The number of aromatic hydroxyl groups is 1. The van der Waals surface area contributed by atoms with Gasteiger partial charge in [0.25, 0.3) is 5.91 Å². The molecule has 34 heavy (non-hydrogen) atoms. The quantitative estimate of drug-likeness (QED) is 0.396. The molecule has 5 rings (SSSR count). The molecule has 0 saturated heterocycles. The smallest absolute Gasteiger partial charge is 0.295 e. The van der Waals surface area contributed by atoms with Gasteiger partial charge >= 0.3 is 0 Å². The zero-order valence-corrected chi connectivity index (χ0v) is 19.6. The van der Waals surface area contributed by atoms with Crippen molar-refractivity contribution in [3.05, 3.63) is 97.9 Å². The molecule has 1 aliphatic rings. The number of amides is 1. The van der Waals surface area contributed by atoms with E-state index in [-0.39, 0.29) is 28.3 Å². The zero-order valence-electron chi connectivity index (χ0n) is 18.9.